The van der Waals surface area contributed by atoms with Crippen LogP contribution in [0.25, 0.3) is 0 Å². The van der Waals surface area contributed by atoms with Crippen LogP contribution in [0.1, 0.15) is 17.2 Å². The number of nitrogens with two attached hydrogens (primary N) is 2. The number of esters is 1. The summed E-state index contributed by atoms with van der Waals surface area (Å²) in [5.74, 6) is -2.57. The van der Waals surface area contributed by atoms with Crippen LogP contribution in [0.3, 0.4) is 0 Å². The average molecular weight is 390 g/mol. The van der Waals surface area contributed by atoms with Gasteiger partial charge in [-0.1, -0.05) is 17.8 Å². The van der Waals surface area contributed by atoms with Gasteiger partial charge < -0.3 is 16.2 Å². The Balaban J connectivity index is 2.16. The van der Waals surface area contributed by atoms with E-state index in [0.29, 0.717) is 0 Å². The van der Waals surface area contributed by atoms with E-state index in [1.807, 2.05) is 11.4 Å². The Morgan fingerprint density at radius 2 is 2.19 bits per heavy atom. The zero-order valence-corrected chi connectivity index (χ0v) is 15.2. The van der Waals surface area contributed by atoms with Crippen LogP contribution in [0.2, 0.25) is 0 Å². The minimum Gasteiger partial charge on any atom is -0.469 e. The van der Waals surface area contributed by atoms with E-state index in [0.717, 1.165) is 21.5 Å². The van der Waals surface area contributed by atoms with Crippen molar-refractivity contribution in [2.75, 3.05) is 7.11 Å². The number of thioether (sulfide) groups is 1. The number of carbonyl (C=O) groups excluding carboxylic acids is 3. The second kappa shape index (κ2) is 6.86. The van der Waals surface area contributed by atoms with Crippen LogP contribution in [0, 0.1) is 11.3 Å². The zero-order valence-electron chi connectivity index (χ0n) is 13.6. The van der Waals surface area contributed by atoms with Gasteiger partial charge in [0.25, 0.3) is 0 Å². The summed E-state index contributed by atoms with van der Waals surface area (Å²) >= 11 is 2.39. The molecule has 0 radical (unpaired) electrons. The van der Waals surface area contributed by atoms with Gasteiger partial charge in [0.1, 0.15) is 11.1 Å². The molecule has 0 aromatic carbocycles. The number of methoxy groups -OCH3 is 1. The molecule has 2 aliphatic heterocycles. The van der Waals surface area contributed by atoms with Gasteiger partial charge in [0, 0.05) is 4.88 Å². The van der Waals surface area contributed by atoms with Crippen LogP contribution in [0.4, 0.5) is 0 Å². The van der Waals surface area contributed by atoms with Gasteiger partial charge in [-0.25, -0.2) is 0 Å². The molecule has 2 amide bonds. The summed E-state index contributed by atoms with van der Waals surface area (Å²) in [6.45, 7) is 0. The lowest BCUT2D eigenvalue weighted by Crippen LogP contribution is -2.39. The lowest BCUT2D eigenvalue weighted by atomic mass is 9.87. The maximum atomic E-state index is 12.7. The van der Waals surface area contributed by atoms with Crippen molar-refractivity contribution >= 4 is 40.9 Å². The third-order valence-corrected chi connectivity index (χ3v) is 6.29. The molecule has 3 heterocycles. The Morgan fingerprint density at radius 1 is 1.46 bits per heavy atom. The van der Waals surface area contributed by atoms with Gasteiger partial charge in [-0.3, -0.25) is 19.3 Å². The molecule has 1 aromatic heterocycles. The molecule has 0 saturated carbocycles. The molecule has 3 rings (SSSR count). The summed E-state index contributed by atoms with van der Waals surface area (Å²) in [4.78, 5) is 38.3. The van der Waals surface area contributed by atoms with Gasteiger partial charge in [0.15, 0.2) is 0 Å². The Hall–Kier alpha value is -2.77. The van der Waals surface area contributed by atoms with Gasteiger partial charge in [0.2, 0.25) is 11.8 Å². The van der Waals surface area contributed by atoms with Crippen LogP contribution in [-0.2, 0) is 19.1 Å². The summed E-state index contributed by atoms with van der Waals surface area (Å²) in [6, 6.07) is 5.56. The Morgan fingerprint density at radius 3 is 2.73 bits per heavy atom. The first-order chi connectivity index (χ1) is 12.4. The predicted octanol–water partition coefficient (Wildman–Crippen LogP) is 0.743. The normalized spacial score (nSPS) is 22.3. The lowest BCUT2D eigenvalue weighted by Gasteiger charge is -2.30. The third-order valence-electron chi connectivity index (χ3n) is 4.07. The molecule has 26 heavy (non-hydrogen) atoms. The fourth-order valence-electron chi connectivity index (χ4n) is 2.90. The maximum absolute atomic E-state index is 12.7. The van der Waals surface area contributed by atoms with Crippen LogP contribution in [0.15, 0.2) is 39.5 Å². The minimum atomic E-state index is -0.799. The zero-order chi connectivity index (χ0) is 19.0. The SMILES string of the molecule is COC(=O)C[C@@H]1SC2=C(C(N)=O)[C@H](c3cccs3)C(C#N)=C(N)N2C1=O. The van der Waals surface area contributed by atoms with Crippen molar-refractivity contribution in [3.05, 3.63) is 44.4 Å². The smallest absolute Gasteiger partial charge is 0.307 e. The molecule has 1 fully saturated rings. The number of amides is 2. The molecule has 0 spiro atoms. The highest BCUT2D eigenvalue weighted by molar-refractivity contribution is 8.04. The van der Waals surface area contributed by atoms with E-state index in [-0.39, 0.29) is 28.4 Å². The van der Waals surface area contributed by atoms with Gasteiger partial charge >= 0.3 is 5.97 Å². The van der Waals surface area contributed by atoms with Crippen molar-refractivity contribution in [2.45, 2.75) is 17.6 Å². The Kier molecular flexibility index (Phi) is 4.76. The summed E-state index contributed by atoms with van der Waals surface area (Å²) < 4.78 is 4.61. The largest absolute Gasteiger partial charge is 0.469 e. The van der Waals surface area contributed by atoms with Crippen LogP contribution >= 0.6 is 23.1 Å². The molecule has 4 N–H and O–H groups in total. The second-order valence-corrected chi connectivity index (χ2v) is 7.67. The van der Waals surface area contributed by atoms with Crippen molar-refractivity contribution in [2.24, 2.45) is 11.5 Å². The summed E-state index contributed by atoms with van der Waals surface area (Å²) in [7, 11) is 1.22. The standard InChI is InChI=1S/C16H14N4O4S2/c1-24-10(21)5-9-15(23)20-13(18)7(6-17)11(8-3-2-4-25-8)12(14(19)22)16(20)26-9/h2-4,9,11H,5,18H2,1H3,(H2,19,22)/t9-,11-/m0/s1. The molecular weight excluding hydrogens is 376 g/mol. The van der Waals surface area contributed by atoms with E-state index < -0.39 is 29.0 Å². The lowest BCUT2D eigenvalue weighted by molar-refractivity contribution is -0.142. The highest BCUT2D eigenvalue weighted by Crippen LogP contribution is 2.50. The number of hydrogen-bond acceptors (Lipinski definition) is 8. The fraction of sp³-hybridized carbons (Fsp3) is 0.250. The molecular formula is C16H14N4O4S2. The maximum Gasteiger partial charge on any atom is 0.307 e. The summed E-state index contributed by atoms with van der Waals surface area (Å²) in [6.07, 6.45) is -0.176. The van der Waals surface area contributed by atoms with Crippen molar-refractivity contribution in [3.63, 3.8) is 0 Å². The van der Waals surface area contributed by atoms with Crippen LogP contribution in [-0.4, -0.2) is 35.0 Å². The Bertz CT molecular complexity index is 898. The highest BCUT2D eigenvalue weighted by atomic mass is 32.2. The predicted molar refractivity (Wildman–Crippen MR) is 95.0 cm³/mol. The van der Waals surface area contributed by atoms with Crippen molar-refractivity contribution < 1.29 is 19.1 Å². The number of carbonyl (C=O) groups is 3. The second-order valence-electron chi connectivity index (χ2n) is 5.50. The van der Waals surface area contributed by atoms with Gasteiger partial charge in [-0.15, -0.1) is 11.3 Å². The molecule has 1 aromatic rings. The number of ether oxygens (including phenoxy) is 1. The van der Waals surface area contributed by atoms with E-state index in [1.165, 1.54) is 18.4 Å². The number of hydrogen-bond donors (Lipinski definition) is 2. The number of nitrogens with zero attached hydrogens (tertiary/aromatic N) is 2. The van der Waals surface area contributed by atoms with E-state index in [1.54, 1.807) is 12.1 Å². The molecule has 0 unspecified atom stereocenters. The molecule has 0 bridgehead atoms. The summed E-state index contributed by atoms with van der Waals surface area (Å²) in [5, 5.41) is 10.9. The number of primary amides is 1. The van der Waals surface area contributed by atoms with Crippen molar-refractivity contribution in [1.82, 2.24) is 4.90 Å². The molecule has 10 heteroatoms. The first kappa shape index (κ1) is 18.0. The monoisotopic (exact) mass is 390 g/mol. The van der Waals surface area contributed by atoms with Gasteiger partial charge in [-0.2, -0.15) is 5.26 Å². The van der Waals surface area contributed by atoms with Crippen molar-refractivity contribution in [1.29, 1.82) is 5.26 Å². The van der Waals surface area contributed by atoms with Gasteiger partial charge in [0.05, 0.1) is 41.7 Å². The van der Waals surface area contributed by atoms with Crippen molar-refractivity contribution in [3.8, 4) is 6.07 Å². The van der Waals surface area contributed by atoms with E-state index >= 15 is 0 Å². The minimum absolute atomic E-state index is 0.0456. The molecule has 2 atom stereocenters. The first-order valence-corrected chi connectivity index (χ1v) is 9.21. The number of allylic oxidation sites excluding steroid dienone is 1. The average Bonchev–Trinajstić information content (AvgIpc) is 3.23. The number of nitriles is 1. The molecule has 2 aliphatic rings. The summed E-state index contributed by atoms with van der Waals surface area (Å²) in [5.41, 5.74) is 11.9. The van der Waals surface area contributed by atoms with Crippen LogP contribution < -0.4 is 11.5 Å². The number of thiophene rings is 1. The number of fused-ring (bicyclic) bond motifs is 1. The molecule has 134 valence electrons. The topological polar surface area (TPSA) is 140 Å². The van der Waals surface area contributed by atoms with E-state index in [9.17, 15) is 19.6 Å². The number of rotatable bonds is 4. The Labute approximate surface area is 157 Å². The quantitative estimate of drug-likeness (QED) is 0.723. The van der Waals surface area contributed by atoms with E-state index in [2.05, 4.69) is 4.74 Å². The first-order valence-electron chi connectivity index (χ1n) is 7.45. The third kappa shape index (κ3) is 2.75. The van der Waals surface area contributed by atoms with Crippen LogP contribution in [0.5, 0.6) is 0 Å². The van der Waals surface area contributed by atoms with Gasteiger partial charge in [-0.05, 0) is 11.4 Å². The fourth-order valence-corrected chi connectivity index (χ4v) is 5.08. The molecule has 1 saturated heterocycles. The molecule has 0 aliphatic carbocycles. The van der Waals surface area contributed by atoms with E-state index in [4.69, 9.17) is 11.5 Å². The highest BCUT2D eigenvalue weighted by Gasteiger charge is 2.48. The molecule has 8 nitrogen and oxygen atoms in total.